The minimum absolute atomic E-state index is 0.271. The number of ether oxygens (including phenoxy) is 1. The molecule has 0 aliphatic carbocycles. The summed E-state index contributed by atoms with van der Waals surface area (Å²) in [5.74, 6) is 0.871. The maximum atomic E-state index is 10.2. The van der Waals surface area contributed by atoms with Crippen molar-refractivity contribution in [1.82, 2.24) is 10.2 Å². The number of likely N-dealkylation sites (tertiary alicyclic amines) is 1. The van der Waals surface area contributed by atoms with Crippen LogP contribution in [0.5, 0.6) is 5.75 Å². The largest absolute Gasteiger partial charge is 0.490 e. The van der Waals surface area contributed by atoms with E-state index in [0.717, 1.165) is 74.6 Å². The number of hydrogen-bond acceptors (Lipinski definition) is 3. The van der Waals surface area contributed by atoms with Gasteiger partial charge in [-0.3, -0.25) is 4.79 Å². The highest BCUT2D eigenvalue weighted by Gasteiger charge is 2.20. The fourth-order valence-electron chi connectivity index (χ4n) is 2.79. The predicted molar refractivity (Wildman–Crippen MR) is 89.6 cm³/mol. The van der Waals surface area contributed by atoms with Gasteiger partial charge < -0.3 is 15.0 Å². The third kappa shape index (κ3) is 5.18. The first kappa shape index (κ1) is 17.1. The molecular weight excluding hydrogens is 300 g/mol. The lowest BCUT2D eigenvalue weighted by Gasteiger charge is -2.32. The molecule has 22 heavy (non-hydrogen) atoms. The van der Waals surface area contributed by atoms with E-state index >= 15 is 0 Å². The molecule has 0 bridgehead atoms. The van der Waals surface area contributed by atoms with Crippen LogP contribution >= 0.6 is 11.6 Å². The monoisotopic (exact) mass is 324 g/mol. The standard InChI is InChI=1S/C17H25ClN2O2/c1-2-14-4-5-16(12-17(14)18)22-15-6-10-20(11-7-15)9-3-8-19-13-21/h4-5,12-13,15H,2-3,6-11H2,1H3,(H,19,21). The van der Waals surface area contributed by atoms with Crippen LogP contribution in [0.25, 0.3) is 0 Å². The molecule has 0 saturated carbocycles. The van der Waals surface area contributed by atoms with Crippen molar-refractivity contribution < 1.29 is 9.53 Å². The van der Waals surface area contributed by atoms with Gasteiger partial charge in [-0.1, -0.05) is 24.6 Å². The van der Waals surface area contributed by atoms with E-state index in [1.165, 1.54) is 0 Å². The van der Waals surface area contributed by atoms with Crippen molar-refractivity contribution in [1.29, 1.82) is 0 Å². The topological polar surface area (TPSA) is 41.6 Å². The van der Waals surface area contributed by atoms with Gasteiger partial charge in [0.1, 0.15) is 11.9 Å². The summed E-state index contributed by atoms with van der Waals surface area (Å²) in [7, 11) is 0. The molecule has 1 heterocycles. The average molecular weight is 325 g/mol. The van der Waals surface area contributed by atoms with Gasteiger partial charge in [-0.25, -0.2) is 0 Å². The number of rotatable bonds is 8. The number of amides is 1. The van der Waals surface area contributed by atoms with Crippen LogP contribution in [0.4, 0.5) is 0 Å². The Morgan fingerprint density at radius 2 is 2.18 bits per heavy atom. The molecule has 122 valence electrons. The number of benzene rings is 1. The van der Waals surface area contributed by atoms with Gasteiger partial charge in [-0.05, 0) is 49.9 Å². The quantitative estimate of drug-likeness (QED) is 0.590. The third-order valence-corrected chi connectivity index (χ3v) is 4.47. The molecule has 0 spiro atoms. The lowest BCUT2D eigenvalue weighted by Crippen LogP contribution is -2.39. The van der Waals surface area contributed by atoms with Crippen LogP contribution in [-0.2, 0) is 11.2 Å². The van der Waals surface area contributed by atoms with Crippen LogP contribution in [0.15, 0.2) is 18.2 Å². The molecule has 1 aromatic rings. The van der Waals surface area contributed by atoms with Gasteiger partial charge in [-0.15, -0.1) is 0 Å². The lowest BCUT2D eigenvalue weighted by molar-refractivity contribution is -0.109. The van der Waals surface area contributed by atoms with E-state index in [1.807, 2.05) is 18.2 Å². The zero-order valence-electron chi connectivity index (χ0n) is 13.2. The molecule has 0 radical (unpaired) electrons. The molecule has 1 amide bonds. The highest BCUT2D eigenvalue weighted by molar-refractivity contribution is 6.31. The first-order chi connectivity index (χ1) is 10.7. The van der Waals surface area contributed by atoms with E-state index in [0.29, 0.717) is 0 Å². The van der Waals surface area contributed by atoms with Crippen LogP contribution < -0.4 is 10.1 Å². The predicted octanol–water partition coefficient (Wildman–Crippen LogP) is 2.88. The van der Waals surface area contributed by atoms with Crippen molar-refractivity contribution in [2.45, 2.75) is 38.7 Å². The highest BCUT2D eigenvalue weighted by atomic mass is 35.5. The van der Waals surface area contributed by atoms with Crippen LogP contribution in [0.2, 0.25) is 5.02 Å². The molecule has 1 aliphatic heterocycles. The summed E-state index contributed by atoms with van der Waals surface area (Å²) in [6, 6.07) is 5.99. The Morgan fingerprint density at radius 3 is 2.82 bits per heavy atom. The summed E-state index contributed by atoms with van der Waals surface area (Å²) < 4.78 is 6.06. The van der Waals surface area contributed by atoms with E-state index in [-0.39, 0.29) is 6.10 Å². The molecular formula is C17H25ClN2O2. The van der Waals surface area contributed by atoms with Crippen LogP contribution in [0, 0.1) is 0 Å². The molecule has 0 unspecified atom stereocenters. The van der Waals surface area contributed by atoms with E-state index in [4.69, 9.17) is 16.3 Å². The zero-order chi connectivity index (χ0) is 15.8. The van der Waals surface area contributed by atoms with Crippen LogP contribution in [0.1, 0.15) is 31.7 Å². The fourth-order valence-corrected chi connectivity index (χ4v) is 3.10. The second kappa shape index (κ2) is 9.01. The molecule has 0 atom stereocenters. The number of aryl methyl sites for hydroxylation is 1. The van der Waals surface area contributed by atoms with Crippen molar-refractivity contribution in [3.8, 4) is 5.75 Å². The lowest BCUT2D eigenvalue weighted by atomic mass is 10.1. The maximum absolute atomic E-state index is 10.2. The zero-order valence-corrected chi connectivity index (χ0v) is 13.9. The van der Waals surface area contributed by atoms with Gasteiger partial charge in [0.25, 0.3) is 0 Å². The van der Waals surface area contributed by atoms with Crippen molar-refractivity contribution in [3.63, 3.8) is 0 Å². The molecule has 1 aromatic carbocycles. The van der Waals surface area contributed by atoms with Gasteiger partial charge in [0.2, 0.25) is 6.41 Å². The van der Waals surface area contributed by atoms with Crippen molar-refractivity contribution in [2.24, 2.45) is 0 Å². The van der Waals surface area contributed by atoms with Gasteiger partial charge >= 0.3 is 0 Å². The highest BCUT2D eigenvalue weighted by Crippen LogP contribution is 2.25. The number of nitrogens with zero attached hydrogens (tertiary/aromatic N) is 1. The average Bonchev–Trinajstić information content (AvgIpc) is 2.53. The summed E-state index contributed by atoms with van der Waals surface area (Å²) in [6.45, 7) is 5.98. The fraction of sp³-hybridized carbons (Fsp3) is 0.588. The van der Waals surface area contributed by atoms with Gasteiger partial charge in [0.15, 0.2) is 0 Å². The second-order valence-corrected chi connectivity index (χ2v) is 6.10. The summed E-state index contributed by atoms with van der Waals surface area (Å²) >= 11 is 6.23. The van der Waals surface area contributed by atoms with Crippen molar-refractivity contribution >= 4 is 18.0 Å². The number of nitrogens with one attached hydrogen (secondary N) is 1. The second-order valence-electron chi connectivity index (χ2n) is 5.69. The molecule has 5 heteroatoms. The van der Waals surface area contributed by atoms with E-state index < -0.39 is 0 Å². The molecule has 1 aliphatic rings. The number of halogens is 1. The Labute approximate surface area is 137 Å². The van der Waals surface area contributed by atoms with Crippen molar-refractivity contribution in [3.05, 3.63) is 28.8 Å². The minimum Gasteiger partial charge on any atom is -0.490 e. The van der Waals surface area contributed by atoms with Gasteiger partial charge in [-0.2, -0.15) is 0 Å². The SMILES string of the molecule is CCc1ccc(OC2CCN(CCCNC=O)CC2)cc1Cl. The van der Waals surface area contributed by atoms with E-state index in [2.05, 4.69) is 17.1 Å². The Morgan fingerprint density at radius 1 is 1.41 bits per heavy atom. The van der Waals surface area contributed by atoms with E-state index in [9.17, 15) is 4.79 Å². The number of carbonyl (C=O) groups is 1. The van der Waals surface area contributed by atoms with Crippen molar-refractivity contribution in [2.75, 3.05) is 26.2 Å². The molecule has 2 rings (SSSR count). The number of carbonyl (C=O) groups excluding carboxylic acids is 1. The molecule has 0 aromatic heterocycles. The van der Waals surface area contributed by atoms with E-state index in [1.54, 1.807) is 0 Å². The molecule has 1 fully saturated rings. The third-order valence-electron chi connectivity index (χ3n) is 4.12. The summed E-state index contributed by atoms with van der Waals surface area (Å²) in [5.41, 5.74) is 1.16. The minimum atomic E-state index is 0.271. The van der Waals surface area contributed by atoms with Crippen LogP contribution in [-0.4, -0.2) is 43.6 Å². The van der Waals surface area contributed by atoms with Gasteiger partial charge in [0, 0.05) is 24.7 Å². The Balaban J connectivity index is 1.73. The molecule has 1 saturated heterocycles. The Kier molecular flexibility index (Phi) is 7.00. The Bertz CT molecular complexity index is 474. The van der Waals surface area contributed by atoms with Crippen LogP contribution in [0.3, 0.4) is 0 Å². The first-order valence-corrected chi connectivity index (χ1v) is 8.45. The maximum Gasteiger partial charge on any atom is 0.207 e. The smallest absolute Gasteiger partial charge is 0.207 e. The first-order valence-electron chi connectivity index (χ1n) is 8.07. The molecule has 1 N–H and O–H groups in total. The summed E-state index contributed by atoms with van der Waals surface area (Å²) in [4.78, 5) is 12.6. The summed E-state index contributed by atoms with van der Waals surface area (Å²) in [5, 5.41) is 3.49. The normalized spacial score (nSPS) is 16.5. The van der Waals surface area contributed by atoms with Gasteiger partial charge in [0.05, 0.1) is 0 Å². The Hall–Kier alpha value is -1.26. The summed E-state index contributed by atoms with van der Waals surface area (Å²) in [6.07, 6.45) is 5.04. The molecule has 4 nitrogen and oxygen atoms in total. The number of piperidine rings is 1. The number of hydrogen-bond donors (Lipinski definition) is 1.